The van der Waals surface area contributed by atoms with Crippen LogP contribution in [-0.2, 0) is 20.8 Å². The molecule has 0 aliphatic carbocycles. The van der Waals surface area contributed by atoms with Crippen molar-refractivity contribution >= 4 is 39.3 Å². The van der Waals surface area contributed by atoms with Crippen LogP contribution in [0.15, 0.2) is 22.7 Å². The minimum Gasteiger partial charge on any atom is -0.309 e. The zero-order chi connectivity index (χ0) is 15.9. The van der Waals surface area contributed by atoms with Crippen LogP contribution in [0.5, 0.6) is 0 Å². The normalized spacial score (nSPS) is 20.7. The molecular formula is C16H17BrN2O3. The zero-order valence-electron chi connectivity index (χ0n) is 12.3. The van der Waals surface area contributed by atoms with Crippen LogP contribution in [0.4, 0.5) is 5.69 Å². The maximum Gasteiger partial charge on any atom is 0.229 e. The molecule has 1 atom stereocenters. The molecule has 116 valence electrons. The predicted molar refractivity (Wildman–Crippen MR) is 85.4 cm³/mol. The second-order valence-corrected chi connectivity index (χ2v) is 6.69. The summed E-state index contributed by atoms with van der Waals surface area (Å²) in [5.74, 6) is -0.380. The second-order valence-electron chi connectivity index (χ2n) is 5.78. The van der Waals surface area contributed by atoms with Crippen molar-refractivity contribution < 1.29 is 14.4 Å². The summed E-state index contributed by atoms with van der Waals surface area (Å²) in [5.41, 5.74) is 2.07. The quantitative estimate of drug-likeness (QED) is 0.773. The highest BCUT2D eigenvalue weighted by Crippen LogP contribution is 2.34. The maximum atomic E-state index is 12.5. The van der Waals surface area contributed by atoms with E-state index in [2.05, 4.69) is 15.9 Å². The Hall–Kier alpha value is -1.69. The van der Waals surface area contributed by atoms with Crippen LogP contribution in [0.3, 0.4) is 0 Å². The van der Waals surface area contributed by atoms with E-state index in [9.17, 15) is 14.4 Å². The molecule has 0 N–H and O–H groups in total. The smallest absolute Gasteiger partial charge is 0.229 e. The van der Waals surface area contributed by atoms with Crippen LogP contribution in [0.2, 0.25) is 0 Å². The van der Waals surface area contributed by atoms with E-state index in [1.54, 1.807) is 4.90 Å². The van der Waals surface area contributed by atoms with E-state index in [0.29, 0.717) is 0 Å². The Bertz CT molecular complexity index is 643. The number of rotatable bonds is 3. The first-order valence-corrected chi connectivity index (χ1v) is 8.20. The molecule has 3 rings (SSSR count). The summed E-state index contributed by atoms with van der Waals surface area (Å²) in [5, 5.41) is 0. The van der Waals surface area contributed by atoms with Gasteiger partial charge in [-0.3, -0.25) is 19.3 Å². The number of imide groups is 1. The van der Waals surface area contributed by atoms with Crippen molar-refractivity contribution in [3.63, 3.8) is 0 Å². The summed E-state index contributed by atoms with van der Waals surface area (Å²) in [6.07, 6.45) is 1.54. The third-order valence-corrected chi connectivity index (χ3v) is 4.72. The van der Waals surface area contributed by atoms with Gasteiger partial charge in [-0.1, -0.05) is 15.9 Å². The van der Waals surface area contributed by atoms with Gasteiger partial charge in [0.25, 0.3) is 0 Å². The molecular weight excluding hydrogens is 348 g/mol. The Morgan fingerprint density at radius 2 is 1.95 bits per heavy atom. The fourth-order valence-corrected chi connectivity index (χ4v) is 3.59. The monoisotopic (exact) mass is 364 g/mol. The van der Waals surface area contributed by atoms with Gasteiger partial charge in [0.05, 0.1) is 0 Å². The number of amides is 3. The maximum absolute atomic E-state index is 12.5. The number of hydrogen-bond acceptors (Lipinski definition) is 3. The fourth-order valence-electron chi connectivity index (χ4n) is 3.18. The molecule has 2 heterocycles. The van der Waals surface area contributed by atoms with Gasteiger partial charge >= 0.3 is 0 Å². The molecule has 0 aromatic heterocycles. The number of carbonyl (C=O) groups is 3. The molecule has 1 fully saturated rings. The molecule has 2 aliphatic heterocycles. The van der Waals surface area contributed by atoms with E-state index in [0.717, 1.165) is 22.1 Å². The van der Waals surface area contributed by atoms with Gasteiger partial charge in [0.15, 0.2) is 0 Å². The summed E-state index contributed by atoms with van der Waals surface area (Å²) in [4.78, 5) is 38.7. The molecule has 1 saturated heterocycles. The molecule has 1 aromatic carbocycles. The van der Waals surface area contributed by atoms with Gasteiger partial charge in [-0.2, -0.15) is 0 Å². The van der Waals surface area contributed by atoms with Crippen LogP contribution < -0.4 is 4.90 Å². The number of carbonyl (C=O) groups excluding carboxylic acids is 3. The summed E-state index contributed by atoms with van der Waals surface area (Å²) < 4.78 is 1.00. The number of halogens is 1. The lowest BCUT2D eigenvalue weighted by Crippen LogP contribution is -2.39. The first kappa shape index (κ1) is 15.2. The molecule has 0 radical (unpaired) electrons. The van der Waals surface area contributed by atoms with Gasteiger partial charge in [0.2, 0.25) is 17.7 Å². The van der Waals surface area contributed by atoms with Gasteiger partial charge in [-0.25, -0.2) is 0 Å². The van der Waals surface area contributed by atoms with Crippen molar-refractivity contribution in [2.24, 2.45) is 0 Å². The number of benzene rings is 1. The van der Waals surface area contributed by atoms with E-state index in [-0.39, 0.29) is 49.6 Å². The first-order chi connectivity index (χ1) is 10.5. The summed E-state index contributed by atoms with van der Waals surface area (Å²) in [6.45, 7) is 2.20. The highest BCUT2D eigenvalue weighted by molar-refractivity contribution is 9.10. The highest BCUT2D eigenvalue weighted by Gasteiger charge is 2.33. The average molecular weight is 365 g/mol. The van der Waals surface area contributed by atoms with Gasteiger partial charge < -0.3 is 4.90 Å². The zero-order valence-corrected chi connectivity index (χ0v) is 13.9. The molecule has 3 amide bonds. The van der Waals surface area contributed by atoms with E-state index in [1.165, 1.54) is 4.90 Å². The molecule has 0 bridgehead atoms. The third-order valence-electron chi connectivity index (χ3n) is 4.23. The van der Waals surface area contributed by atoms with Crippen LogP contribution in [0, 0.1) is 0 Å². The van der Waals surface area contributed by atoms with Crippen LogP contribution in [0.1, 0.15) is 31.7 Å². The number of likely N-dealkylation sites (tertiary alicyclic amines) is 1. The number of hydrogen-bond donors (Lipinski definition) is 0. The topological polar surface area (TPSA) is 57.7 Å². The minimum absolute atomic E-state index is 0.0407. The molecule has 1 aromatic rings. The molecule has 0 spiro atoms. The van der Waals surface area contributed by atoms with Crippen molar-refractivity contribution in [2.75, 3.05) is 11.4 Å². The Kier molecular flexibility index (Phi) is 4.04. The number of fused-ring (bicyclic) bond motifs is 1. The predicted octanol–water partition coefficient (Wildman–Crippen LogP) is 2.27. The Morgan fingerprint density at radius 3 is 2.64 bits per heavy atom. The van der Waals surface area contributed by atoms with Crippen molar-refractivity contribution in [1.29, 1.82) is 0 Å². The van der Waals surface area contributed by atoms with Gasteiger partial charge in [-0.15, -0.1) is 0 Å². The van der Waals surface area contributed by atoms with Crippen molar-refractivity contribution in [3.8, 4) is 0 Å². The average Bonchev–Trinajstić information content (AvgIpc) is 2.95. The Morgan fingerprint density at radius 1 is 1.27 bits per heavy atom. The van der Waals surface area contributed by atoms with E-state index in [4.69, 9.17) is 0 Å². The standard InChI is InChI=1S/C16H17BrN2O3/c1-10-8-11-9-12(17)2-3-13(11)19(10)16(22)6-7-18-14(20)4-5-15(18)21/h2-3,9-10H,4-8H2,1H3/t10-/m1/s1. The largest absolute Gasteiger partial charge is 0.309 e. The van der Waals surface area contributed by atoms with Gasteiger partial charge in [0, 0.05) is 42.0 Å². The SMILES string of the molecule is C[C@@H]1Cc2cc(Br)ccc2N1C(=O)CCN1C(=O)CCC1=O. The molecule has 6 heteroatoms. The summed E-state index contributed by atoms with van der Waals surface area (Å²) >= 11 is 3.45. The number of anilines is 1. The molecule has 2 aliphatic rings. The fraction of sp³-hybridized carbons (Fsp3) is 0.438. The molecule has 5 nitrogen and oxygen atoms in total. The molecule has 0 saturated carbocycles. The second kappa shape index (κ2) is 5.83. The number of nitrogens with zero attached hydrogens (tertiary/aromatic N) is 2. The third kappa shape index (κ3) is 2.67. The minimum atomic E-state index is -0.170. The molecule has 0 unspecified atom stereocenters. The van der Waals surface area contributed by atoms with Gasteiger partial charge in [-0.05, 0) is 37.1 Å². The lowest BCUT2D eigenvalue weighted by Gasteiger charge is -2.24. The van der Waals surface area contributed by atoms with Crippen LogP contribution in [-0.4, -0.2) is 35.2 Å². The van der Waals surface area contributed by atoms with E-state index in [1.807, 2.05) is 25.1 Å². The van der Waals surface area contributed by atoms with Crippen molar-refractivity contribution in [3.05, 3.63) is 28.2 Å². The lowest BCUT2D eigenvalue weighted by atomic mass is 10.1. The van der Waals surface area contributed by atoms with Crippen molar-refractivity contribution in [2.45, 2.75) is 38.6 Å². The first-order valence-electron chi connectivity index (χ1n) is 7.41. The highest BCUT2D eigenvalue weighted by atomic mass is 79.9. The van der Waals surface area contributed by atoms with E-state index >= 15 is 0 Å². The molecule has 22 heavy (non-hydrogen) atoms. The van der Waals surface area contributed by atoms with Crippen LogP contribution >= 0.6 is 15.9 Å². The van der Waals surface area contributed by atoms with Crippen molar-refractivity contribution in [1.82, 2.24) is 4.90 Å². The summed E-state index contributed by atoms with van der Waals surface area (Å²) in [6, 6.07) is 5.99. The van der Waals surface area contributed by atoms with Crippen LogP contribution in [0.25, 0.3) is 0 Å². The van der Waals surface area contributed by atoms with E-state index < -0.39 is 0 Å². The van der Waals surface area contributed by atoms with Gasteiger partial charge in [0.1, 0.15) is 0 Å². The Labute approximate surface area is 137 Å². The lowest BCUT2D eigenvalue weighted by molar-refractivity contribution is -0.138. The summed E-state index contributed by atoms with van der Waals surface area (Å²) in [7, 11) is 0. The Balaban J connectivity index is 1.71.